The van der Waals surface area contributed by atoms with E-state index in [1.54, 1.807) is 47.6 Å². The molecule has 0 amide bonds. The number of hydrogen-bond acceptors (Lipinski definition) is 18. The van der Waals surface area contributed by atoms with Crippen molar-refractivity contribution in [1.82, 2.24) is 14.0 Å². The Balaban J connectivity index is 0.000000285. The summed E-state index contributed by atoms with van der Waals surface area (Å²) >= 11 is 22.2. The topological polar surface area (TPSA) is 262 Å². The Labute approximate surface area is 584 Å². The van der Waals surface area contributed by atoms with E-state index in [4.69, 9.17) is 68.0 Å². The van der Waals surface area contributed by atoms with Crippen LogP contribution in [0.5, 0.6) is 17.2 Å². The molecule has 0 unspecified atom stereocenters. The SMILES string of the molecule is CCOC(=O)c1cn2c(cc1=O)-c1cc(Cl)c(O)cc1CN2C(C)(C)C.CCOCCBr.CCOCCOc1cc2c(cc1Cl)-c1cc(=O)c(C(=O)O)cn1N(C(C)(C)C)C2.CCOCCOc1cc2c(cc1Cl)-c1cc(=O)c(C(=O)OCC)cn1N(C(C)(C)C)C2.[Li+].[OH-]. The Morgan fingerprint density at radius 1 is 0.479 bits per heavy atom. The van der Waals surface area contributed by atoms with Crippen molar-refractivity contribution < 1.29 is 82.1 Å². The molecule has 27 heteroatoms. The van der Waals surface area contributed by atoms with Gasteiger partial charge in [0.2, 0.25) is 0 Å². The predicted molar refractivity (Wildman–Crippen MR) is 365 cm³/mol. The van der Waals surface area contributed by atoms with Crippen LogP contribution in [0.15, 0.2) is 87.6 Å². The van der Waals surface area contributed by atoms with Gasteiger partial charge in [0.05, 0.1) is 84.8 Å². The van der Waals surface area contributed by atoms with Crippen LogP contribution >= 0.6 is 50.7 Å². The summed E-state index contributed by atoms with van der Waals surface area (Å²) in [6.07, 6.45) is 4.46. The van der Waals surface area contributed by atoms with Crippen LogP contribution in [0.4, 0.5) is 0 Å². The number of hydrogen-bond donors (Lipinski definition) is 2. The standard InChI is InChI=1S/C23H29ClN2O5.C21H25ClN2O5.C19H21ClN2O4.C4H9BrO.Li.H2O/c1-6-29-8-9-31-21-10-15-13-26(23(3,4)5)25-14-17(22(28)30-7-2)20(27)12-19(25)16(15)11-18(21)24;1-5-28-6-7-29-19-8-13-11-24(21(2,3)4)23-12-15(20(26)27)18(25)10-17(23)14(13)9-16(19)22;1-5-26-18(25)13-10-21-15(8-16(13)23)12-7-14(20)17(24)6-11(12)9-22(21)19(2,3)4;1-2-6-4-3-5;;/h10-12,14H,6-9,13H2,1-5H3;8-10,12H,5-7,11H2,1-4H3,(H,26,27);6-8,10,24H,5,9H2,1-4H3;2-4H2,1H3;;1H2/q;;;;+1;/p-1. The zero-order valence-corrected chi connectivity index (χ0v) is 60.0. The summed E-state index contributed by atoms with van der Waals surface area (Å²) in [6, 6.07) is 14.8. The summed E-state index contributed by atoms with van der Waals surface area (Å²) in [4.78, 5) is 73.5. The van der Waals surface area contributed by atoms with E-state index in [0.29, 0.717) is 97.9 Å². The molecule has 0 bridgehead atoms. The molecule has 6 heterocycles. The van der Waals surface area contributed by atoms with Gasteiger partial charge in [0.15, 0.2) is 16.3 Å². The number of rotatable bonds is 18. The van der Waals surface area contributed by atoms with E-state index in [9.17, 15) is 39.0 Å². The van der Waals surface area contributed by atoms with E-state index in [1.807, 2.05) is 95.2 Å². The van der Waals surface area contributed by atoms with Crippen molar-refractivity contribution in [2.75, 3.05) is 86.4 Å². The van der Waals surface area contributed by atoms with Crippen LogP contribution in [-0.4, -0.2) is 136 Å². The summed E-state index contributed by atoms with van der Waals surface area (Å²) < 4.78 is 42.6. The van der Waals surface area contributed by atoms with E-state index in [0.717, 1.165) is 51.9 Å². The molecule has 0 radical (unpaired) electrons. The van der Waals surface area contributed by atoms with Gasteiger partial charge >= 0.3 is 36.8 Å². The Bertz CT molecular complexity index is 3820. The van der Waals surface area contributed by atoms with Crippen molar-refractivity contribution in [3.8, 4) is 51.0 Å². The van der Waals surface area contributed by atoms with Crippen LogP contribution in [0.25, 0.3) is 33.8 Å². The average Bonchev–Trinajstić information content (AvgIpc) is 0.760. The zero-order valence-electron chi connectivity index (χ0n) is 56.2. The third-order valence-electron chi connectivity index (χ3n) is 14.5. The quantitative estimate of drug-likeness (QED) is 0.0352. The number of carbonyl (C=O) groups is 3. The minimum absolute atomic E-state index is 0. The van der Waals surface area contributed by atoms with Crippen LogP contribution in [0, 0.1) is 0 Å². The number of pyridine rings is 3. The molecule has 9 rings (SSSR count). The Hall–Kier alpha value is -6.49. The molecule has 0 spiro atoms. The van der Waals surface area contributed by atoms with Crippen molar-refractivity contribution >= 4 is 68.6 Å². The van der Waals surface area contributed by atoms with Gasteiger partial charge in [-0.3, -0.25) is 28.4 Å². The van der Waals surface area contributed by atoms with E-state index in [2.05, 4.69) is 41.7 Å². The number of fused-ring (bicyclic) bond motifs is 9. The van der Waals surface area contributed by atoms with Gasteiger partial charge in [0, 0.05) is 95.2 Å². The second-order valence-corrected chi connectivity index (χ2v) is 26.1. The monoisotopic (exact) mass is 1420 g/mol. The summed E-state index contributed by atoms with van der Waals surface area (Å²) in [6.45, 7) is 34.2. The van der Waals surface area contributed by atoms with Gasteiger partial charge in [0.1, 0.15) is 47.2 Å². The molecule has 3 aliphatic rings. The smallest absolute Gasteiger partial charge is 0.870 e. The second-order valence-electron chi connectivity index (χ2n) is 24.1. The number of aromatic carboxylic acids is 1. The van der Waals surface area contributed by atoms with Gasteiger partial charge in [-0.25, -0.2) is 14.4 Å². The van der Waals surface area contributed by atoms with Gasteiger partial charge in [-0.05, 0) is 150 Å². The number of phenols is 1. The van der Waals surface area contributed by atoms with Crippen LogP contribution in [-0.2, 0) is 43.3 Å². The molecule has 3 aromatic heterocycles. The number of esters is 2. The molecule has 0 atom stereocenters. The van der Waals surface area contributed by atoms with Crippen molar-refractivity contribution in [1.29, 1.82) is 0 Å². The first-order valence-electron chi connectivity index (χ1n) is 30.3. The molecule has 0 saturated heterocycles. The third-order valence-corrected chi connectivity index (χ3v) is 15.7. The molecule has 0 fully saturated rings. The van der Waals surface area contributed by atoms with E-state index in [1.165, 1.54) is 30.6 Å². The Morgan fingerprint density at radius 2 is 0.798 bits per heavy atom. The van der Waals surface area contributed by atoms with Crippen LogP contribution < -0.4 is 59.6 Å². The fraction of sp³-hybridized carbons (Fsp3) is 0.463. The van der Waals surface area contributed by atoms with Crippen molar-refractivity contribution in [2.45, 2.75) is 133 Å². The second kappa shape index (κ2) is 35.0. The number of ether oxygens (including phenoxy) is 7. The molecule has 3 aliphatic heterocycles. The zero-order chi connectivity index (χ0) is 68.2. The number of alkyl halides is 1. The van der Waals surface area contributed by atoms with Crippen molar-refractivity contribution in [3.05, 3.63) is 152 Å². The number of aromatic hydroxyl groups is 1. The fourth-order valence-electron chi connectivity index (χ4n) is 10.1. The molecule has 0 saturated carbocycles. The normalized spacial score (nSPS) is 12.5. The summed E-state index contributed by atoms with van der Waals surface area (Å²) in [5.41, 5.74) is 4.46. The molecule has 3 aromatic carbocycles. The predicted octanol–water partition coefficient (Wildman–Crippen LogP) is 9.09. The maximum Gasteiger partial charge on any atom is 1.00 e. The summed E-state index contributed by atoms with van der Waals surface area (Å²) in [7, 11) is 0. The maximum absolute atomic E-state index is 12.7. The Morgan fingerprint density at radius 3 is 1.11 bits per heavy atom. The van der Waals surface area contributed by atoms with Crippen LogP contribution in [0.2, 0.25) is 15.1 Å². The van der Waals surface area contributed by atoms with Crippen LogP contribution in [0.3, 0.4) is 0 Å². The van der Waals surface area contributed by atoms with Gasteiger partial charge in [-0.15, -0.1) is 0 Å². The molecule has 3 N–H and O–H groups in total. The largest absolute Gasteiger partial charge is 1.00 e. The third kappa shape index (κ3) is 19.6. The van der Waals surface area contributed by atoms with Gasteiger partial charge < -0.3 is 63.9 Å². The van der Waals surface area contributed by atoms with Gasteiger partial charge in [-0.1, -0.05) is 50.7 Å². The van der Waals surface area contributed by atoms with Crippen molar-refractivity contribution in [2.24, 2.45) is 0 Å². The number of carbonyl (C=O) groups excluding carboxylic acids is 2. The van der Waals surface area contributed by atoms with E-state index >= 15 is 0 Å². The molecular weight excluding hydrogens is 1340 g/mol. The van der Waals surface area contributed by atoms with E-state index < -0.39 is 28.8 Å². The Kier molecular flexibility index (Phi) is 29.7. The first-order chi connectivity index (χ1) is 43.3. The number of phenolic OH excluding ortho intramolecular Hbond substituents is 1. The van der Waals surface area contributed by atoms with Crippen molar-refractivity contribution in [3.63, 3.8) is 0 Å². The summed E-state index contributed by atoms with van der Waals surface area (Å²) in [5, 5.41) is 27.5. The molecule has 94 heavy (non-hydrogen) atoms. The summed E-state index contributed by atoms with van der Waals surface area (Å²) in [5.74, 6) is -1.39. The first-order valence-corrected chi connectivity index (χ1v) is 32.5. The number of carboxylic acids is 1. The first kappa shape index (κ1) is 79.9. The molecule has 0 aliphatic carbocycles. The number of carboxylic acid groups (broad SMARTS) is 1. The van der Waals surface area contributed by atoms with Gasteiger partial charge in [0.25, 0.3) is 0 Å². The maximum atomic E-state index is 12.7. The average molecular weight is 1420 g/mol. The number of halogens is 4. The molecular formula is C67H85BrCl3LiN6O16. The van der Waals surface area contributed by atoms with E-state index in [-0.39, 0.29) is 87.1 Å². The van der Waals surface area contributed by atoms with Gasteiger partial charge in [-0.2, -0.15) is 0 Å². The van der Waals surface area contributed by atoms with Crippen LogP contribution in [0.1, 0.15) is 145 Å². The number of nitrogens with zero attached hydrogens (tertiary/aromatic N) is 6. The molecule has 508 valence electrons. The number of aromatic nitrogens is 3. The minimum atomic E-state index is -1.25. The fourth-order valence-corrected chi connectivity index (χ4v) is 10.9. The minimum Gasteiger partial charge on any atom is -0.870 e. The molecule has 22 nitrogen and oxygen atoms in total. The number of benzene rings is 3. The molecule has 6 aromatic rings.